The summed E-state index contributed by atoms with van der Waals surface area (Å²) in [6.45, 7) is 1.56. The van der Waals surface area contributed by atoms with Crippen molar-refractivity contribution in [1.82, 2.24) is 15.2 Å². The van der Waals surface area contributed by atoms with Crippen molar-refractivity contribution in [3.05, 3.63) is 5.82 Å². The van der Waals surface area contributed by atoms with Gasteiger partial charge >= 0.3 is 6.18 Å². The molecular formula is C6H7F3N4O. The molecule has 0 atom stereocenters. The minimum atomic E-state index is -4.58. The second-order valence-electron chi connectivity index (χ2n) is 2.41. The molecule has 0 fully saturated rings. The van der Waals surface area contributed by atoms with Crippen molar-refractivity contribution in [3.8, 4) is 0 Å². The highest BCUT2D eigenvalue weighted by Crippen LogP contribution is 2.26. The number of H-pyrrole nitrogens is 1. The van der Waals surface area contributed by atoms with E-state index in [1.165, 1.54) is 0 Å². The lowest BCUT2D eigenvalue weighted by Gasteiger charge is -1.98. The summed E-state index contributed by atoms with van der Waals surface area (Å²) in [7, 11) is 0. The highest BCUT2D eigenvalue weighted by molar-refractivity contribution is 5.88. The fourth-order valence-electron chi connectivity index (χ4n) is 0.658. The van der Waals surface area contributed by atoms with Crippen LogP contribution in [0.25, 0.3) is 0 Å². The van der Waals surface area contributed by atoms with Crippen molar-refractivity contribution >= 4 is 11.9 Å². The molecule has 0 radical (unpaired) electrons. The number of carbonyl (C=O) groups excluding carboxylic acids is 1. The number of carbonyl (C=O) groups is 1. The summed E-state index contributed by atoms with van der Waals surface area (Å²) in [6.07, 6.45) is -4.43. The lowest BCUT2D eigenvalue weighted by Crippen LogP contribution is -2.11. The Morgan fingerprint density at radius 3 is 2.64 bits per heavy atom. The summed E-state index contributed by atoms with van der Waals surface area (Å²) in [4.78, 5) is 13.8. The average molecular weight is 208 g/mol. The molecule has 2 N–H and O–H groups in total. The van der Waals surface area contributed by atoms with Crippen LogP contribution >= 0.6 is 0 Å². The number of anilines is 1. The summed E-state index contributed by atoms with van der Waals surface area (Å²) in [6, 6.07) is 0. The number of hydrogen-bond donors (Lipinski definition) is 2. The van der Waals surface area contributed by atoms with Crippen molar-refractivity contribution < 1.29 is 18.0 Å². The molecule has 0 aliphatic carbocycles. The summed E-state index contributed by atoms with van der Waals surface area (Å²) < 4.78 is 35.9. The van der Waals surface area contributed by atoms with E-state index in [1.807, 2.05) is 0 Å². The molecular weight excluding hydrogens is 201 g/mol. The Hall–Kier alpha value is -1.60. The number of halogens is 3. The number of hydrogen-bond acceptors (Lipinski definition) is 3. The highest BCUT2D eigenvalue weighted by atomic mass is 19.4. The third-order valence-electron chi connectivity index (χ3n) is 1.33. The van der Waals surface area contributed by atoms with E-state index in [0.717, 1.165) is 0 Å². The summed E-state index contributed by atoms with van der Waals surface area (Å²) in [5.41, 5.74) is 0. The molecule has 14 heavy (non-hydrogen) atoms. The van der Waals surface area contributed by atoms with Gasteiger partial charge in [-0.15, -0.1) is 5.10 Å². The van der Waals surface area contributed by atoms with Crippen molar-refractivity contribution in [1.29, 1.82) is 0 Å². The first-order valence-corrected chi connectivity index (χ1v) is 3.73. The van der Waals surface area contributed by atoms with Crippen molar-refractivity contribution in [3.63, 3.8) is 0 Å². The first-order valence-electron chi connectivity index (χ1n) is 3.73. The Morgan fingerprint density at radius 2 is 2.21 bits per heavy atom. The molecule has 1 aromatic rings. The maximum Gasteiger partial charge on any atom is 0.451 e. The van der Waals surface area contributed by atoms with Crippen LogP contribution in [0, 0.1) is 0 Å². The fourth-order valence-corrected chi connectivity index (χ4v) is 0.658. The normalized spacial score (nSPS) is 11.4. The van der Waals surface area contributed by atoms with Crippen LogP contribution < -0.4 is 5.32 Å². The van der Waals surface area contributed by atoms with Gasteiger partial charge in [0.15, 0.2) is 0 Å². The minimum Gasteiger partial charge on any atom is -0.293 e. The standard InChI is InChI=1S/C6H7F3N4O/c1-2-3(14)10-5-11-4(12-13-5)6(7,8)9/h2H2,1H3,(H2,10,11,12,13,14). The number of aromatic nitrogens is 3. The molecule has 0 aliphatic rings. The van der Waals surface area contributed by atoms with Gasteiger partial charge in [0.05, 0.1) is 0 Å². The van der Waals surface area contributed by atoms with E-state index in [2.05, 4.69) is 15.4 Å². The molecule has 78 valence electrons. The first kappa shape index (κ1) is 10.5. The predicted molar refractivity (Wildman–Crippen MR) is 40.3 cm³/mol. The van der Waals surface area contributed by atoms with Gasteiger partial charge in [-0.1, -0.05) is 6.92 Å². The van der Waals surface area contributed by atoms with Crippen molar-refractivity contribution in [2.24, 2.45) is 0 Å². The molecule has 0 aliphatic heterocycles. The maximum atomic E-state index is 12.0. The van der Waals surface area contributed by atoms with Gasteiger partial charge in [0.25, 0.3) is 0 Å². The third-order valence-corrected chi connectivity index (χ3v) is 1.33. The van der Waals surface area contributed by atoms with Crippen LogP contribution in [0.3, 0.4) is 0 Å². The Morgan fingerprint density at radius 1 is 1.57 bits per heavy atom. The number of aromatic amines is 1. The molecule has 0 saturated carbocycles. The van der Waals surface area contributed by atoms with Crippen LogP contribution in [-0.4, -0.2) is 21.1 Å². The maximum absolute atomic E-state index is 12.0. The third kappa shape index (κ3) is 2.44. The van der Waals surface area contributed by atoms with Crippen LogP contribution in [0.5, 0.6) is 0 Å². The number of rotatable bonds is 2. The molecule has 0 bridgehead atoms. The second kappa shape index (κ2) is 3.64. The van der Waals surface area contributed by atoms with E-state index in [0.29, 0.717) is 0 Å². The monoisotopic (exact) mass is 208 g/mol. The SMILES string of the molecule is CCC(=O)Nc1n[nH]c(C(F)(F)F)n1. The van der Waals surface area contributed by atoms with Crippen molar-refractivity contribution in [2.75, 3.05) is 5.32 Å². The zero-order chi connectivity index (χ0) is 10.8. The van der Waals surface area contributed by atoms with Gasteiger partial charge in [0.1, 0.15) is 0 Å². The smallest absolute Gasteiger partial charge is 0.293 e. The molecule has 5 nitrogen and oxygen atoms in total. The second-order valence-corrected chi connectivity index (χ2v) is 2.41. The quantitative estimate of drug-likeness (QED) is 0.766. The Kier molecular flexibility index (Phi) is 2.73. The van der Waals surface area contributed by atoms with Gasteiger partial charge in [0.2, 0.25) is 17.7 Å². The van der Waals surface area contributed by atoms with Gasteiger partial charge in [-0.3, -0.25) is 15.2 Å². The Bertz CT molecular complexity index is 332. The van der Waals surface area contributed by atoms with E-state index in [1.54, 1.807) is 12.0 Å². The largest absolute Gasteiger partial charge is 0.451 e. The van der Waals surface area contributed by atoms with E-state index in [9.17, 15) is 18.0 Å². The molecule has 1 aromatic heterocycles. The lowest BCUT2D eigenvalue weighted by molar-refractivity contribution is -0.144. The molecule has 0 aromatic carbocycles. The van der Waals surface area contributed by atoms with Crippen LogP contribution in [0.4, 0.5) is 19.1 Å². The lowest BCUT2D eigenvalue weighted by atomic mass is 10.5. The minimum absolute atomic E-state index is 0.149. The Labute approximate surface area is 76.7 Å². The Balaban J connectivity index is 2.74. The van der Waals surface area contributed by atoms with Crippen LogP contribution in [0.2, 0.25) is 0 Å². The predicted octanol–water partition coefficient (Wildman–Crippen LogP) is 1.17. The number of nitrogens with zero attached hydrogens (tertiary/aromatic N) is 2. The number of amides is 1. The molecule has 1 amide bonds. The zero-order valence-corrected chi connectivity index (χ0v) is 7.14. The van der Waals surface area contributed by atoms with E-state index in [-0.39, 0.29) is 12.4 Å². The van der Waals surface area contributed by atoms with Gasteiger partial charge in [-0.25, -0.2) is 0 Å². The van der Waals surface area contributed by atoms with Gasteiger partial charge in [-0.2, -0.15) is 18.2 Å². The number of alkyl halides is 3. The van der Waals surface area contributed by atoms with E-state index < -0.39 is 17.9 Å². The first-order chi connectivity index (χ1) is 6.43. The van der Waals surface area contributed by atoms with E-state index in [4.69, 9.17) is 0 Å². The topological polar surface area (TPSA) is 70.7 Å². The molecule has 0 unspecified atom stereocenters. The highest BCUT2D eigenvalue weighted by Gasteiger charge is 2.35. The van der Waals surface area contributed by atoms with Crippen molar-refractivity contribution in [2.45, 2.75) is 19.5 Å². The van der Waals surface area contributed by atoms with Crippen LogP contribution in [-0.2, 0) is 11.0 Å². The molecule has 1 rings (SSSR count). The van der Waals surface area contributed by atoms with Gasteiger partial charge < -0.3 is 0 Å². The van der Waals surface area contributed by atoms with Gasteiger partial charge in [-0.05, 0) is 0 Å². The van der Waals surface area contributed by atoms with E-state index >= 15 is 0 Å². The molecule has 0 saturated heterocycles. The fraction of sp³-hybridized carbons (Fsp3) is 0.500. The zero-order valence-electron chi connectivity index (χ0n) is 7.14. The van der Waals surface area contributed by atoms with Crippen LogP contribution in [0.1, 0.15) is 19.2 Å². The molecule has 0 spiro atoms. The number of nitrogens with one attached hydrogen (secondary N) is 2. The summed E-state index contributed by atoms with van der Waals surface area (Å²) in [5.74, 6) is -2.05. The molecule has 1 heterocycles. The van der Waals surface area contributed by atoms with Crippen LogP contribution in [0.15, 0.2) is 0 Å². The average Bonchev–Trinajstić information content (AvgIpc) is 2.51. The summed E-state index contributed by atoms with van der Waals surface area (Å²) >= 11 is 0. The van der Waals surface area contributed by atoms with Gasteiger partial charge in [0, 0.05) is 6.42 Å². The molecule has 8 heteroatoms. The summed E-state index contributed by atoms with van der Waals surface area (Å²) in [5, 5.41) is 6.95.